The number of carbonyl (C=O) groups is 2. The summed E-state index contributed by atoms with van der Waals surface area (Å²) in [6.07, 6.45) is -0.293. The second kappa shape index (κ2) is 6.24. The molecule has 4 N–H and O–H groups in total. The number of carboxylic acids is 1. The molecule has 1 aromatic rings. The van der Waals surface area contributed by atoms with Gasteiger partial charge in [-0.2, -0.15) is 0 Å². The first kappa shape index (κ1) is 15.8. The smallest absolute Gasteiger partial charge is 0.335 e. The number of carbonyl (C=O) groups excluding carboxylic acids is 1. The highest BCUT2D eigenvalue weighted by Gasteiger charge is 2.15. The van der Waals surface area contributed by atoms with Crippen molar-refractivity contribution in [1.82, 2.24) is 0 Å². The molecule has 0 atom stereocenters. The summed E-state index contributed by atoms with van der Waals surface area (Å²) in [4.78, 5) is 21.6. The highest BCUT2D eigenvalue weighted by Crippen LogP contribution is 2.21. The standard InChI is InChI=1S/C11H14N2O6S/c1-19-10(14)4-5-20(17,18)13-9-3-2-7(11(15)16)6-8(9)12/h2-3,6,13H,4-5,12H2,1H3,(H,15,16). The van der Waals surface area contributed by atoms with Crippen LogP contribution in [0.25, 0.3) is 0 Å². The van der Waals surface area contributed by atoms with Crippen LogP contribution in [0, 0.1) is 0 Å². The van der Waals surface area contributed by atoms with Crippen LogP contribution in [-0.2, 0) is 19.6 Å². The Morgan fingerprint density at radius 3 is 2.55 bits per heavy atom. The van der Waals surface area contributed by atoms with Gasteiger partial charge in [0, 0.05) is 0 Å². The van der Waals surface area contributed by atoms with Gasteiger partial charge in [-0.05, 0) is 18.2 Å². The van der Waals surface area contributed by atoms with Crippen molar-refractivity contribution in [2.75, 3.05) is 23.3 Å². The Hall–Kier alpha value is -2.29. The number of methoxy groups -OCH3 is 1. The first-order valence-electron chi connectivity index (χ1n) is 5.45. The number of aromatic carboxylic acids is 1. The van der Waals surface area contributed by atoms with Crippen molar-refractivity contribution >= 4 is 33.3 Å². The Morgan fingerprint density at radius 1 is 1.40 bits per heavy atom. The number of carboxylic acid groups (broad SMARTS) is 1. The molecule has 0 aliphatic heterocycles. The van der Waals surface area contributed by atoms with Crippen LogP contribution in [-0.4, -0.2) is 38.3 Å². The third kappa shape index (κ3) is 4.43. The second-order valence-electron chi connectivity index (χ2n) is 3.85. The van der Waals surface area contributed by atoms with E-state index in [0.29, 0.717) is 0 Å². The molecule has 0 fully saturated rings. The fourth-order valence-corrected chi connectivity index (χ4v) is 2.39. The molecule has 0 aliphatic carbocycles. The highest BCUT2D eigenvalue weighted by atomic mass is 32.2. The molecule has 0 unspecified atom stereocenters. The van der Waals surface area contributed by atoms with E-state index in [9.17, 15) is 18.0 Å². The van der Waals surface area contributed by atoms with Crippen LogP contribution in [0.3, 0.4) is 0 Å². The maximum atomic E-state index is 11.7. The summed E-state index contributed by atoms with van der Waals surface area (Å²) in [6, 6.07) is 3.60. The summed E-state index contributed by atoms with van der Waals surface area (Å²) < 4.78 is 29.9. The van der Waals surface area contributed by atoms with Gasteiger partial charge in [0.2, 0.25) is 10.0 Å². The average Bonchev–Trinajstić information content (AvgIpc) is 2.38. The van der Waals surface area contributed by atoms with E-state index in [0.717, 1.165) is 13.2 Å². The fraction of sp³-hybridized carbons (Fsp3) is 0.273. The van der Waals surface area contributed by atoms with Gasteiger partial charge in [-0.25, -0.2) is 13.2 Å². The summed E-state index contributed by atoms with van der Waals surface area (Å²) >= 11 is 0. The Kier molecular flexibility index (Phi) is 4.92. The van der Waals surface area contributed by atoms with E-state index in [1.165, 1.54) is 12.1 Å². The minimum Gasteiger partial charge on any atom is -0.478 e. The summed E-state index contributed by atoms with van der Waals surface area (Å²) in [7, 11) is -2.62. The van der Waals surface area contributed by atoms with Crippen molar-refractivity contribution in [3.8, 4) is 0 Å². The van der Waals surface area contributed by atoms with Gasteiger partial charge in [-0.15, -0.1) is 0 Å². The summed E-state index contributed by atoms with van der Waals surface area (Å²) in [5, 5.41) is 8.76. The fourth-order valence-electron chi connectivity index (χ4n) is 1.33. The molecule has 0 amide bonds. The van der Waals surface area contributed by atoms with Gasteiger partial charge in [0.15, 0.2) is 0 Å². The van der Waals surface area contributed by atoms with Crippen molar-refractivity contribution < 1.29 is 27.9 Å². The molecule has 0 radical (unpaired) electrons. The molecule has 0 aromatic heterocycles. The van der Waals surface area contributed by atoms with Crippen LogP contribution in [0.5, 0.6) is 0 Å². The number of hydrogen-bond donors (Lipinski definition) is 3. The van der Waals surface area contributed by atoms with Crippen LogP contribution < -0.4 is 10.5 Å². The zero-order valence-electron chi connectivity index (χ0n) is 10.6. The van der Waals surface area contributed by atoms with Crippen LogP contribution >= 0.6 is 0 Å². The molecule has 0 saturated heterocycles. The second-order valence-corrected chi connectivity index (χ2v) is 5.70. The van der Waals surface area contributed by atoms with Crippen LogP contribution in [0.15, 0.2) is 18.2 Å². The highest BCUT2D eigenvalue weighted by molar-refractivity contribution is 7.92. The van der Waals surface area contributed by atoms with E-state index in [2.05, 4.69) is 9.46 Å². The molecule has 1 aromatic carbocycles. The van der Waals surface area contributed by atoms with E-state index < -0.39 is 27.7 Å². The maximum Gasteiger partial charge on any atom is 0.335 e. The van der Waals surface area contributed by atoms with Crippen LogP contribution in [0.1, 0.15) is 16.8 Å². The monoisotopic (exact) mass is 302 g/mol. The number of nitrogens with one attached hydrogen (secondary N) is 1. The van der Waals surface area contributed by atoms with Gasteiger partial charge in [0.25, 0.3) is 0 Å². The first-order valence-corrected chi connectivity index (χ1v) is 7.10. The quantitative estimate of drug-likeness (QED) is 0.507. The lowest BCUT2D eigenvalue weighted by molar-refractivity contribution is -0.140. The lowest BCUT2D eigenvalue weighted by Gasteiger charge is -2.10. The van der Waals surface area contributed by atoms with Crippen molar-refractivity contribution in [3.63, 3.8) is 0 Å². The molecule has 0 saturated carbocycles. The van der Waals surface area contributed by atoms with Crippen molar-refractivity contribution in [3.05, 3.63) is 23.8 Å². The molecular weight excluding hydrogens is 288 g/mol. The Balaban J connectivity index is 2.82. The van der Waals surface area contributed by atoms with E-state index in [1.807, 2.05) is 0 Å². The number of sulfonamides is 1. The number of hydrogen-bond acceptors (Lipinski definition) is 6. The Labute approximate surface area is 115 Å². The maximum absolute atomic E-state index is 11.7. The number of nitrogen functional groups attached to an aromatic ring is 1. The first-order chi connectivity index (χ1) is 9.25. The third-order valence-electron chi connectivity index (χ3n) is 2.37. The van der Waals surface area contributed by atoms with E-state index in [-0.39, 0.29) is 23.4 Å². The lowest BCUT2D eigenvalue weighted by atomic mass is 10.2. The van der Waals surface area contributed by atoms with E-state index >= 15 is 0 Å². The average molecular weight is 302 g/mol. The molecular formula is C11H14N2O6S. The van der Waals surface area contributed by atoms with E-state index in [4.69, 9.17) is 10.8 Å². The van der Waals surface area contributed by atoms with Crippen molar-refractivity contribution in [1.29, 1.82) is 0 Å². The summed E-state index contributed by atoms with van der Waals surface area (Å²) in [6.45, 7) is 0. The number of rotatable bonds is 6. The van der Waals surface area contributed by atoms with Crippen LogP contribution in [0.2, 0.25) is 0 Å². The summed E-state index contributed by atoms with van der Waals surface area (Å²) in [5.41, 5.74) is 5.54. The minimum atomic E-state index is -3.77. The zero-order valence-corrected chi connectivity index (χ0v) is 11.4. The minimum absolute atomic E-state index is 0.0217. The molecule has 1 rings (SSSR count). The number of esters is 1. The van der Waals surface area contributed by atoms with Gasteiger partial charge >= 0.3 is 11.9 Å². The largest absolute Gasteiger partial charge is 0.478 e. The van der Waals surface area contributed by atoms with Gasteiger partial charge < -0.3 is 15.6 Å². The Bertz CT molecular complexity index is 626. The number of anilines is 2. The molecule has 110 valence electrons. The third-order valence-corrected chi connectivity index (χ3v) is 3.64. The van der Waals surface area contributed by atoms with Gasteiger partial charge in [-0.3, -0.25) is 9.52 Å². The normalized spacial score (nSPS) is 10.8. The zero-order chi connectivity index (χ0) is 15.3. The van der Waals surface area contributed by atoms with E-state index in [1.54, 1.807) is 0 Å². The topological polar surface area (TPSA) is 136 Å². The Morgan fingerprint density at radius 2 is 2.05 bits per heavy atom. The number of nitrogens with two attached hydrogens (primary N) is 1. The molecule has 9 heteroatoms. The van der Waals surface area contributed by atoms with Gasteiger partial charge in [0.1, 0.15) is 0 Å². The number of ether oxygens (including phenoxy) is 1. The summed E-state index contributed by atoms with van der Waals surface area (Å²) in [5.74, 6) is -2.28. The number of benzene rings is 1. The molecule has 20 heavy (non-hydrogen) atoms. The van der Waals surface area contributed by atoms with Gasteiger partial charge in [0.05, 0.1) is 36.2 Å². The SMILES string of the molecule is COC(=O)CCS(=O)(=O)Nc1ccc(C(=O)O)cc1N. The molecule has 0 spiro atoms. The molecule has 0 heterocycles. The van der Waals surface area contributed by atoms with Gasteiger partial charge in [-0.1, -0.05) is 0 Å². The molecule has 8 nitrogen and oxygen atoms in total. The van der Waals surface area contributed by atoms with Crippen LogP contribution in [0.4, 0.5) is 11.4 Å². The predicted octanol–water partition coefficient (Wildman–Crippen LogP) is 0.272. The lowest BCUT2D eigenvalue weighted by Crippen LogP contribution is -2.20. The molecule has 0 aliphatic rings. The molecule has 0 bridgehead atoms. The van der Waals surface area contributed by atoms with Crippen molar-refractivity contribution in [2.24, 2.45) is 0 Å². The predicted molar refractivity (Wildman–Crippen MR) is 71.9 cm³/mol. The van der Waals surface area contributed by atoms with Crippen molar-refractivity contribution in [2.45, 2.75) is 6.42 Å².